The van der Waals surface area contributed by atoms with Crippen LogP contribution < -0.4 is 24.4 Å². The van der Waals surface area contributed by atoms with E-state index in [1.165, 1.54) is 25.3 Å². The van der Waals surface area contributed by atoms with Crippen LogP contribution in [0, 0.1) is 13.7 Å². The van der Waals surface area contributed by atoms with Gasteiger partial charge in [0.15, 0.2) is 11.5 Å². The van der Waals surface area contributed by atoms with E-state index in [0.717, 1.165) is 11.3 Å². The number of methoxy groups -OCH3 is 1. The van der Waals surface area contributed by atoms with E-state index >= 15 is 0 Å². The van der Waals surface area contributed by atoms with Crippen LogP contribution in [0.4, 0.5) is 16.2 Å². The zero-order valence-corrected chi connectivity index (χ0v) is 23.7. The van der Waals surface area contributed by atoms with Crippen molar-refractivity contribution in [2.45, 2.75) is 20.0 Å². The molecule has 0 saturated carbocycles. The number of hydrogen-bond acceptors (Lipinski definition) is 8. The fourth-order valence-electron chi connectivity index (χ4n) is 3.80. The second-order valence-corrected chi connectivity index (χ2v) is 9.71. The Kier molecular flexibility index (Phi) is 8.99. The lowest BCUT2D eigenvalue weighted by molar-refractivity contribution is -0.384. The number of non-ortho nitro benzene ring substituents is 1. The number of nitro groups is 1. The van der Waals surface area contributed by atoms with Crippen molar-refractivity contribution in [2.24, 2.45) is 0 Å². The maximum atomic E-state index is 13.3. The van der Waals surface area contributed by atoms with E-state index in [9.17, 15) is 24.5 Å². The number of benzene rings is 3. The number of urea groups is 1. The van der Waals surface area contributed by atoms with Gasteiger partial charge in [-0.15, -0.1) is 0 Å². The molecule has 0 unspecified atom stereocenters. The van der Waals surface area contributed by atoms with Gasteiger partial charge in [-0.1, -0.05) is 6.92 Å². The summed E-state index contributed by atoms with van der Waals surface area (Å²) in [6.07, 6.45) is 2.21. The van der Waals surface area contributed by atoms with E-state index in [-0.39, 0.29) is 23.6 Å². The number of nitro benzene ring substituents is 1. The van der Waals surface area contributed by atoms with E-state index in [1.807, 2.05) is 29.5 Å². The SMILES string of the molecule is CCCOc1ccc(N2C(=O)NC(=O)/C(=C/c3cc(I)c(OCc4ccc([N+](=O)[O-])cc4)c(OC)c3)C2=O)cc1. The van der Waals surface area contributed by atoms with Gasteiger partial charge < -0.3 is 14.2 Å². The second-order valence-electron chi connectivity index (χ2n) is 8.55. The number of amides is 4. The largest absolute Gasteiger partial charge is 0.494 e. The molecule has 3 aromatic carbocycles. The van der Waals surface area contributed by atoms with Gasteiger partial charge >= 0.3 is 6.03 Å². The van der Waals surface area contributed by atoms with Crippen LogP contribution in [0.5, 0.6) is 17.2 Å². The average Bonchev–Trinajstić information content (AvgIpc) is 2.94. The monoisotopic (exact) mass is 657 g/mol. The topological polar surface area (TPSA) is 137 Å². The third kappa shape index (κ3) is 6.39. The summed E-state index contributed by atoms with van der Waals surface area (Å²) in [5.74, 6) is -0.227. The molecule has 0 radical (unpaired) electrons. The Balaban J connectivity index is 1.57. The van der Waals surface area contributed by atoms with Gasteiger partial charge in [0.1, 0.15) is 17.9 Å². The summed E-state index contributed by atoms with van der Waals surface area (Å²) in [6.45, 7) is 2.65. The third-order valence-electron chi connectivity index (χ3n) is 5.76. The fraction of sp³-hybridized carbons (Fsp3) is 0.179. The van der Waals surface area contributed by atoms with Gasteiger partial charge in [-0.3, -0.25) is 25.0 Å². The average molecular weight is 657 g/mol. The van der Waals surface area contributed by atoms with Crippen LogP contribution >= 0.6 is 22.6 Å². The summed E-state index contributed by atoms with van der Waals surface area (Å²) in [5, 5.41) is 13.1. The predicted molar refractivity (Wildman–Crippen MR) is 154 cm³/mol. The Morgan fingerprint density at radius 1 is 1.02 bits per heavy atom. The molecular weight excluding hydrogens is 633 g/mol. The molecule has 12 heteroatoms. The first-order chi connectivity index (χ1) is 19.2. The summed E-state index contributed by atoms with van der Waals surface area (Å²) in [6, 6.07) is 14.9. The Morgan fingerprint density at radius 2 is 1.73 bits per heavy atom. The number of halogens is 1. The number of hydrogen-bond donors (Lipinski definition) is 1. The van der Waals surface area contributed by atoms with Gasteiger partial charge in [-0.05, 0) is 94.7 Å². The zero-order chi connectivity index (χ0) is 28.8. The Morgan fingerprint density at radius 3 is 2.35 bits per heavy atom. The smallest absolute Gasteiger partial charge is 0.335 e. The molecule has 0 aromatic heterocycles. The molecule has 1 aliphatic rings. The van der Waals surface area contributed by atoms with E-state index in [4.69, 9.17) is 14.2 Å². The number of imide groups is 2. The molecule has 1 fully saturated rings. The molecule has 11 nitrogen and oxygen atoms in total. The summed E-state index contributed by atoms with van der Waals surface area (Å²) in [5.41, 5.74) is 1.22. The normalized spacial score (nSPS) is 14.2. The molecule has 0 aliphatic carbocycles. The van der Waals surface area contributed by atoms with E-state index < -0.39 is 22.8 Å². The molecule has 0 bridgehead atoms. The lowest BCUT2D eigenvalue weighted by Gasteiger charge is -2.26. The van der Waals surface area contributed by atoms with E-state index in [2.05, 4.69) is 5.32 Å². The number of nitrogens with one attached hydrogen (secondary N) is 1. The molecule has 4 amide bonds. The van der Waals surface area contributed by atoms with Gasteiger partial charge in [0.05, 0.1) is 27.9 Å². The molecule has 1 aliphatic heterocycles. The Labute approximate surface area is 243 Å². The lowest BCUT2D eigenvalue weighted by Crippen LogP contribution is -2.54. The Hall–Kier alpha value is -4.46. The van der Waals surface area contributed by atoms with Crippen LogP contribution in [-0.2, 0) is 16.2 Å². The van der Waals surface area contributed by atoms with Crippen LogP contribution in [0.1, 0.15) is 24.5 Å². The lowest BCUT2D eigenvalue weighted by atomic mass is 10.1. The minimum Gasteiger partial charge on any atom is -0.494 e. The first-order valence-corrected chi connectivity index (χ1v) is 13.2. The van der Waals surface area contributed by atoms with Crippen molar-refractivity contribution in [3.8, 4) is 17.2 Å². The highest BCUT2D eigenvalue weighted by Gasteiger charge is 2.37. The third-order valence-corrected chi connectivity index (χ3v) is 6.56. The predicted octanol–water partition coefficient (Wildman–Crippen LogP) is 5.24. The van der Waals surface area contributed by atoms with Crippen LogP contribution in [0.25, 0.3) is 6.08 Å². The number of carbonyl (C=O) groups is 3. The minimum absolute atomic E-state index is 0.0205. The van der Waals surface area contributed by atoms with Crippen LogP contribution in [-0.4, -0.2) is 36.5 Å². The molecule has 0 atom stereocenters. The first-order valence-electron chi connectivity index (χ1n) is 12.1. The standard InChI is InChI=1S/C28H24IN3O8/c1-3-12-39-21-10-8-19(9-11-21)31-27(34)22(26(33)30-28(31)35)13-18-14-23(29)25(24(15-18)38-2)40-16-17-4-6-20(7-5-17)32(36)37/h4-11,13-15H,3,12,16H2,1-2H3,(H,30,33,35)/b22-13-. The van der Waals surface area contributed by atoms with Crippen molar-refractivity contribution in [1.29, 1.82) is 0 Å². The van der Waals surface area contributed by atoms with E-state index in [1.54, 1.807) is 48.5 Å². The van der Waals surface area contributed by atoms with Crippen LogP contribution in [0.15, 0.2) is 66.2 Å². The van der Waals surface area contributed by atoms with Crippen molar-refractivity contribution in [3.63, 3.8) is 0 Å². The highest BCUT2D eigenvalue weighted by Crippen LogP contribution is 2.36. The van der Waals surface area contributed by atoms with E-state index in [0.29, 0.717) is 38.6 Å². The maximum Gasteiger partial charge on any atom is 0.335 e. The van der Waals surface area contributed by atoms with Crippen LogP contribution in [0.2, 0.25) is 0 Å². The summed E-state index contributed by atoms with van der Waals surface area (Å²) < 4.78 is 17.6. The second kappa shape index (κ2) is 12.6. The van der Waals surface area contributed by atoms with Gasteiger partial charge in [-0.25, -0.2) is 9.69 Å². The summed E-state index contributed by atoms with van der Waals surface area (Å²) in [4.78, 5) is 49.8. The maximum absolute atomic E-state index is 13.3. The van der Waals surface area contributed by atoms with Crippen molar-refractivity contribution >= 4 is 57.9 Å². The number of barbiturate groups is 1. The number of rotatable bonds is 10. The minimum atomic E-state index is -0.850. The quantitative estimate of drug-likeness (QED) is 0.103. The number of anilines is 1. The van der Waals surface area contributed by atoms with Crippen molar-refractivity contribution < 1.29 is 33.5 Å². The zero-order valence-electron chi connectivity index (χ0n) is 21.5. The molecule has 1 heterocycles. The number of carbonyl (C=O) groups excluding carboxylic acids is 3. The molecule has 206 valence electrons. The highest BCUT2D eigenvalue weighted by molar-refractivity contribution is 14.1. The highest BCUT2D eigenvalue weighted by atomic mass is 127. The summed E-state index contributed by atoms with van der Waals surface area (Å²) in [7, 11) is 1.45. The number of nitrogens with zero attached hydrogens (tertiary/aromatic N) is 2. The molecule has 40 heavy (non-hydrogen) atoms. The van der Waals surface area contributed by atoms with Crippen LogP contribution in [0.3, 0.4) is 0 Å². The summed E-state index contributed by atoms with van der Waals surface area (Å²) >= 11 is 2.04. The first kappa shape index (κ1) is 28.5. The number of ether oxygens (including phenoxy) is 3. The fourth-order valence-corrected chi connectivity index (χ4v) is 4.58. The van der Waals surface area contributed by atoms with Gasteiger partial charge in [0.2, 0.25) is 0 Å². The van der Waals surface area contributed by atoms with Crippen molar-refractivity contribution in [2.75, 3.05) is 18.6 Å². The van der Waals surface area contributed by atoms with Gasteiger partial charge in [-0.2, -0.15) is 0 Å². The molecule has 1 N–H and O–H groups in total. The van der Waals surface area contributed by atoms with Crippen molar-refractivity contribution in [1.82, 2.24) is 5.32 Å². The molecular formula is C28H24IN3O8. The molecule has 1 saturated heterocycles. The molecule has 4 rings (SSSR count). The van der Waals surface area contributed by atoms with Gasteiger partial charge in [0, 0.05) is 12.1 Å². The molecule has 3 aromatic rings. The molecule has 0 spiro atoms. The Bertz CT molecular complexity index is 1490. The van der Waals surface area contributed by atoms with Gasteiger partial charge in [0.25, 0.3) is 17.5 Å². The van der Waals surface area contributed by atoms with Crippen molar-refractivity contribution in [3.05, 3.63) is 91.0 Å².